The fraction of sp³-hybridized carbons (Fsp3) is 0.500. The number of nitrogens with zero attached hydrogens (tertiary/aromatic N) is 3. The fourth-order valence-corrected chi connectivity index (χ4v) is 2.81. The lowest BCUT2D eigenvalue weighted by atomic mass is 10.0. The standard InChI is InChI=1S/C16H21N3O4/c1-3-10-18-14(21)15(22)19(16(18)23)11-13(20)17(4-2)12-8-6-5-7-9-12/h3,8H,1,4-7,9-11H2,2H3. The molecule has 124 valence electrons. The maximum absolute atomic E-state index is 12.5. The number of rotatable bonds is 6. The van der Waals surface area contributed by atoms with Gasteiger partial charge in [-0.1, -0.05) is 12.2 Å². The molecule has 0 aromatic rings. The van der Waals surface area contributed by atoms with Crippen LogP contribution in [0, 0.1) is 0 Å². The molecule has 1 fully saturated rings. The van der Waals surface area contributed by atoms with Gasteiger partial charge in [-0.05, 0) is 32.6 Å². The van der Waals surface area contributed by atoms with Crippen LogP contribution in [-0.4, -0.2) is 58.1 Å². The molecule has 7 nitrogen and oxygen atoms in total. The third-order valence-corrected chi connectivity index (χ3v) is 3.97. The van der Waals surface area contributed by atoms with E-state index in [4.69, 9.17) is 0 Å². The van der Waals surface area contributed by atoms with Crippen molar-refractivity contribution in [2.45, 2.75) is 32.6 Å². The maximum atomic E-state index is 12.5. The summed E-state index contributed by atoms with van der Waals surface area (Å²) in [6.45, 7) is 5.30. The van der Waals surface area contributed by atoms with Crippen molar-refractivity contribution in [2.24, 2.45) is 0 Å². The van der Waals surface area contributed by atoms with Gasteiger partial charge in [0, 0.05) is 18.8 Å². The highest BCUT2D eigenvalue weighted by Gasteiger charge is 2.45. The zero-order valence-corrected chi connectivity index (χ0v) is 13.3. The van der Waals surface area contributed by atoms with Gasteiger partial charge in [-0.15, -0.1) is 6.58 Å². The van der Waals surface area contributed by atoms with Crippen LogP contribution in [0.1, 0.15) is 32.6 Å². The minimum absolute atomic E-state index is 0.0449. The largest absolute Gasteiger partial charge is 0.335 e. The summed E-state index contributed by atoms with van der Waals surface area (Å²) in [5.74, 6) is -2.22. The summed E-state index contributed by atoms with van der Waals surface area (Å²) in [4.78, 5) is 51.4. The summed E-state index contributed by atoms with van der Waals surface area (Å²) in [6.07, 6.45) is 7.23. The first-order chi connectivity index (χ1) is 11.0. The van der Waals surface area contributed by atoms with Crippen LogP contribution in [0.4, 0.5) is 4.79 Å². The van der Waals surface area contributed by atoms with E-state index in [1.54, 1.807) is 4.90 Å². The van der Waals surface area contributed by atoms with Gasteiger partial charge in [0.15, 0.2) is 0 Å². The number of allylic oxidation sites excluding steroid dienone is 2. The first kappa shape index (κ1) is 16.9. The average molecular weight is 319 g/mol. The molecule has 1 aliphatic carbocycles. The number of hydrogen-bond acceptors (Lipinski definition) is 4. The lowest BCUT2D eigenvalue weighted by Gasteiger charge is -2.27. The van der Waals surface area contributed by atoms with Crippen LogP contribution >= 0.6 is 0 Å². The molecule has 1 aliphatic heterocycles. The first-order valence-electron chi connectivity index (χ1n) is 7.78. The van der Waals surface area contributed by atoms with Gasteiger partial charge < -0.3 is 4.90 Å². The van der Waals surface area contributed by atoms with Gasteiger partial charge in [0.2, 0.25) is 5.91 Å². The Balaban J connectivity index is 2.10. The van der Waals surface area contributed by atoms with Crippen LogP contribution in [0.5, 0.6) is 0 Å². The molecule has 0 aromatic carbocycles. The summed E-state index contributed by atoms with van der Waals surface area (Å²) in [6, 6.07) is -0.762. The Morgan fingerprint density at radius 1 is 1.26 bits per heavy atom. The first-order valence-corrected chi connectivity index (χ1v) is 7.78. The van der Waals surface area contributed by atoms with Crippen molar-refractivity contribution in [3.8, 4) is 0 Å². The van der Waals surface area contributed by atoms with Gasteiger partial charge in [0.05, 0.1) is 0 Å². The second-order valence-corrected chi connectivity index (χ2v) is 5.46. The van der Waals surface area contributed by atoms with Crippen molar-refractivity contribution in [1.82, 2.24) is 14.7 Å². The smallest absolute Gasteiger partial charge is 0.315 e. The Morgan fingerprint density at radius 2 is 1.96 bits per heavy atom. The van der Waals surface area contributed by atoms with Crippen LogP contribution < -0.4 is 0 Å². The van der Waals surface area contributed by atoms with Crippen LogP contribution in [0.2, 0.25) is 0 Å². The van der Waals surface area contributed by atoms with Gasteiger partial charge in [-0.25, -0.2) is 9.69 Å². The van der Waals surface area contributed by atoms with Crippen LogP contribution in [0.3, 0.4) is 0 Å². The Labute approximate surface area is 135 Å². The van der Waals surface area contributed by atoms with Crippen LogP contribution in [-0.2, 0) is 14.4 Å². The predicted octanol–water partition coefficient (Wildman–Crippen LogP) is 1.27. The summed E-state index contributed by atoms with van der Waals surface area (Å²) < 4.78 is 0. The fourth-order valence-electron chi connectivity index (χ4n) is 2.81. The molecule has 0 aromatic heterocycles. The molecule has 7 heteroatoms. The van der Waals surface area contributed by atoms with E-state index in [0.29, 0.717) is 11.4 Å². The highest BCUT2D eigenvalue weighted by atomic mass is 16.2. The van der Waals surface area contributed by atoms with E-state index in [9.17, 15) is 19.2 Å². The number of amides is 5. The molecule has 2 aliphatic rings. The van der Waals surface area contributed by atoms with Crippen molar-refractivity contribution < 1.29 is 19.2 Å². The van der Waals surface area contributed by atoms with Crippen molar-refractivity contribution in [1.29, 1.82) is 0 Å². The van der Waals surface area contributed by atoms with E-state index in [2.05, 4.69) is 6.58 Å². The topological polar surface area (TPSA) is 78.0 Å². The molecular formula is C16H21N3O4. The number of likely N-dealkylation sites (N-methyl/N-ethyl adjacent to an activating group) is 1. The number of imide groups is 2. The summed E-state index contributed by atoms with van der Waals surface area (Å²) >= 11 is 0. The number of carbonyl (C=O) groups is 4. The third kappa shape index (κ3) is 3.33. The Kier molecular flexibility index (Phi) is 5.31. The summed E-state index contributed by atoms with van der Waals surface area (Å²) in [5.41, 5.74) is 0.928. The van der Waals surface area contributed by atoms with Crippen molar-refractivity contribution in [2.75, 3.05) is 19.6 Å². The lowest BCUT2D eigenvalue weighted by molar-refractivity contribution is -0.144. The van der Waals surface area contributed by atoms with Gasteiger partial charge in [-0.2, -0.15) is 0 Å². The monoisotopic (exact) mass is 319 g/mol. The molecule has 0 spiro atoms. The molecule has 0 N–H and O–H groups in total. The number of urea groups is 1. The highest BCUT2D eigenvalue weighted by molar-refractivity contribution is 6.45. The van der Waals surface area contributed by atoms with E-state index in [0.717, 1.165) is 36.3 Å². The van der Waals surface area contributed by atoms with Crippen LogP contribution in [0.25, 0.3) is 0 Å². The molecule has 0 bridgehead atoms. The number of hydrogen-bond donors (Lipinski definition) is 0. The van der Waals surface area contributed by atoms with E-state index in [-0.39, 0.29) is 12.5 Å². The zero-order chi connectivity index (χ0) is 17.0. The van der Waals surface area contributed by atoms with Crippen molar-refractivity contribution in [3.05, 3.63) is 24.4 Å². The minimum atomic E-state index is -0.959. The second kappa shape index (κ2) is 7.21. The minimum Gasteiger partial charge on any atom is -0.315 e. The van der Waals surface area contributed by atoms with E-state index in [1.165, 1.54) is 6.08 Å². The molecule has 23 heavy (non-hydrogen) atoms. The third-order valence-electron chi connectivity index (χ3n) is 3.97. The van der Waals surface area contributed by atoms with Crippen molar-refractivity contribution >= 4 is 23.8 Å². The van der Waals surface area contributed by atoms with Gasteiger partial charge in [0.1, 0.15) is 6.54 Å². The van der Waals surface area contributed by atoms with E-state index >= 15 is 0 Å². The predicted molar refractivity (Wildman–Crippen MR) is 83.0 cm³/mol. The molecule has 1 heterocycles. The SMILES string of the molecule is C=CCN1C(=O)C(=O)N(CC(=O)N(CC)C2=CCCCC2)C1=O. The quantitative estimate of drug-likeness (QED) is 0.419. The molecule has 0 radical (unpaired) electrons. The molecule has 5 amide bonds. The van der Waals surface area contributed by atoms with E-state index in [1.807, 2.05) is 13.0 Å². The zero-order valence-electron chi connectivity index (χ0n) is 13.3. The molecule has 0 unspecified atom stereocenters. The molecule has 1 saturated heterocycles. The average Bonchev–Trinajstić information content (AvgIpc) is 2.75. The van der Waals surface area contributed by atoms with Crippen LogP contribution in [0.15, 0.2) is 24.4 Å². The Morgan fingerprint density at radius 3 is 2.52 bits per heavy atom. The highest BCUT2D eigenvalue weighted by Crippen LogP contribution is 2.21. The van der Waals surface area contributed by atoms with Crippen molar-refractivity contribution in [3.63, 3.8) is 0 Å². The Hall–Kier alpha value is -2.44. The van der Waals surface area contributed by atoms with Gasteiger partial charge >= 0.3 is 17.8 Å². The summed E-state index contributed by atoms with van der Waals surface area (Å²) in [5, 5.41) is 0. The van der Waals surface area contributed by atoms with E-state index < -0.39 is 24.4 Å². The maximum Gasteiger partial charge on any atom is 0.335 e. The van der Waals surface area contributed by atoms with Gasteiger partial charge in [-0.3, -0.25) is 19.3 Å². The molecule has 2 rings (SSSR count). The lowest BCUT2D eigenvalue weighted by Crippen LogP contribution is -2.43. The normalized spacial score (nSPS) is 18.3. The van der Waals surface area contributed by atoms with Gasteiger partial charge in [0.25, 0.3) is 0 Å². The molecular weight excluding hydrogens is 298 g/mol. The second-order valence-electron chi connectivity index (χ2n) is 5.46. The summed E-state index contributed by atoms with van der Waals surface area (Å²) in [7, 11) is 0. The number of carbonyl (C=O) groups excluding carboxylic acids is 4. The molecule has 0 saturated carbocycles. The molecule has 0 atom stereocenters. The Bertz CT molecular complexity index is 582.